The molecule has 3 nitrogen and oxygen atoms in total. The third-order valence-corrected chi connectivity index (χ3v) is 4.70. The van der Waals surface area contributed by atoms with Crippen LogP contribution in [0.25, 0.3) is 0 Å². The zero-order valence-electron chi connectivity index (χ0n) is 12.3. The van der Waals surface area contributed by atoms with Crippen molar-refractivity contribution in [3.63, 3.8) is 0 Å². The van der Waals surface area contributed by atoms with Gasteiger partial charge < -0.3 is 4.74 Å². The average Bonchev–Trinajstić information content (AvgIpc) is 2.90. The summed E-state index contributed by atoms with van der Waals surface area (Å²) in [5.74, 6) is 5.80. The molecular weight excluding hydrogens is 236 g/mol. The highest BCUT2D eigenvalue weighted by molar-refractivity contribution is 5.30. The molecule has 106 valence electrons. The van der Waals surface area contributed by atoms with E-state index in [1.54, 1.807) is 0 Å². The Kier molecular flexibility index (Phi) is 4.61. The minimum atomic E-state index is -0.0897. The number of rotatable bonds is 5. The smallest absolute Gasteiger partial charge is 0.0847 e. The Morgan fingerprint density at radius 2 is 1.95 bits per heavy atom. The van der Waals surface area contributed by atoms with Gasteiger partial charge >= 0.3 is 0 Å². The van der Waals surface area contributed by atoms with Crippen LogP contribution in [-0.4, -0.2) is 18.8 Å². The van der Waals surface area contributed by atoms with Crippen LogP contribution < -0.4 is 11.3 Å². The van der Waals surface area contributed by atoms with E-state index in [0.717, 1.165) is 19.3 Å². The van der Waals surface area contributed by atoms with Gasteiger partial charge in [-0.3, -0.25) is 11.3 Å². The second-order valence-electron chi connectivity index (χ2n) is 5.82. The number of ether oxygens (including phenoxy) is 1. The molecule has 1 unspecified atom stereocenters. The van der Waals surface area contributed by atoms with Gasteiger partial charge in [0.2, 0.25) is 0 Å². The van der Waals surface area contributed by atoms with Crippen LogP contribution in [0.2, 0.25) is 0 Å². The molecular formula is C16H26N2O. The molecule has 1 fully saturated rings. The molecule has 1 aromatic carbocycles. The van der Waals surface area contributed by atoms with E-state index in [4.69, 9.17) is 10.6 Å². The first kappa shape index (κ1) is 14.5. The predicted molar refractivity (Wildman–Crippen MR) is 78.9 cm³/mol. The molecule has 19 heavy (non-hydrogen) atoms. The van der Waals surface area contributed by atoms with Crippen molar-refractivity contribution in [1.82, 2.24) is 5.43 Å². The summed E-state index contributed by atoms with van der Waals surface area (Å²) in [5.41, 5.74) is 6.91. The van der Waals surface area contributed by atoms with Crippen LogP contribution in [0.4, 0.5) is 0 Å². The average molecular weight is 262 g/mol. The van der Waals surface area contributed by atoms with Crippen LogP contribution in [0.15, 0.2) is 18.2 Å². The van der Waals surface area contributed by atoms with Crippen molar-refractivity contribution in [2.24, 2.45) is 5.84 Å². The SMILES string of the molecule is COC1(C(Cc2ccc(C)c(C)c2)NN)CCCC1. The van der Waals surface area contributed by atoms with Gasteiger partial charge in [-0.25, -0.2) is 0 Å². The van der Waals surface area contributed by atoms with Gasteiger partial charge in [0.1, 0.15) is 0 Å². The van der Waals surface area contributed by atoms with Crippen LogP contribution in [0.1, 0.15) is 42.4 Å². The maximum absolute atomic E-state index is 5.84. The van der Waals surface area contributed by atoms with Gasteiger partial charge in [-0.05, 0) is 49.8 Å². The molecule has 1 aliphatic carbocycles. The summed E-state index contributed by atoms with van der Waals surface area (Å²) in [4.78, 5) is 0. The first-order valence-electron chi connectivity index (χ1n) is 7.19. The minimum Gasteiger partial charge on any atom is -0.377 e. The van der Waals surface area contributed by atoms with Crippen LogP contribution in [-0.2, 0) is 11.2 Å². The van der Waals surface area contributed by atoms with E-state index < -0.39 is 0 Å². The quantitative estimate of drug-likeness (QED) is 0.633. The van der Waals surface area contributed by atoms with Gasteiger partial charge in [0, 0.05) is 7.11 Å². The molecule has 3 heteroatoms. The maximum atomic E-state index is 5.84. The number of nitrogens with one attached hydrogen (secondary N) is 1. The Hall–Kier alpha value is -0.900. The molecule has 1 atom stereocenters. The molecule has 0 bridgehead atoms. The largest absolute Gasteiger partial charge is 0.377 e. The number of methoxy groups -OCH3 is 1. The van der Waals surface area contributed by atoms with Crippen LogP contribution >= 0.6 is 0 Å². The third kappa shape index (κ3) is 2.99. The van der Waals surface area contributed by atoms with E-state index in [2.05, 4.69) is 37.5 Å². The lowest BCUT2D eigenvalue weighted by Gasteiger charge is -2.36. The van der Waals surface area contributed by atoms with Crippen molar-refractivity contribution in [1.29, 1.82) is 0 Å². The number of benzene rings is 1. The topological polar surface area (TPSA) is 47.3 Å². The van der Waals surface area contributed by atoms with E-state index in [-0.39, 0.29) is 11.6 Å². The zero-order chi connectivity index (χ0) is 13.9. The predicted octanol–water partition coefficient (Wildman–Crippen LogP) is 2.64. The molecule has 0 aromatic heterocycles. The van der Waals surface area contributed by atoms with Gasteiger partial charge in [-0.1, -0.05) is 31.0 Å². The Labute approximate surface area is 116 Å². The van der Waals surface area contributed by atoms with Crippen molar-refractivity contribution in [2.75, 3.05) is 7.11 Å². The summed E-state index contributed by atoms with van der Waals surface area (Å²) in [6.07, 6.45) is 5.59. The Morgan fingerprint density at radius 3 is 2.47 bits per heavy atom. The zero-order valence-corrected chi connectivity index (χ0v) is 12.3. The van der Waals surface area contributed by atoms with Crippen LogP contribution in [0, 0.1) is 13.8 Å². The Morgan fingerprint density at radius 1 is 1.26 bits per heavy atom. The monoisotopic (exact) mass is 262 g/mol. The fourth-order valence-electron chi connectivity index (χ4n) is 3.23. The van der Waals surface area contributed by atoms with E-state index in [0.29, 0.717) is 0 Å². The molecule has 2 rings (SSSR count). The van der Waals surface area contributed by atoms with Gasteiger partial charge in [0.25, 0.3) is 0 Å². The van der Waals surface area contributed by atoms with Crippen molar-refractivity contribution in [2.45, 2.75) is 57.6 Å². The first-order valence-corrected chi connectivity index (χ1v) is 7.19. The normalized spacial score (nSPS) is 19.6. The molecule has 0 saturated heterocycles. The third-order valence-electron chi connectivity index (χ3n) is 4.70. The summed E-state index contributed by atoms with van der Waals surface area (Å²) >= 11 is 0. The van der Waals surface area contributed by atoms with Crippen molar-refractivity contribution in [3.05, 3.63) is 34.9 Å². The summed E-state index contributed by atoms with van der Waals surface area (Å²) in [6, 6.07) is 6.83. The van der Waals surface area contributed by atoms with Crippen molar-refractivity contribution >= 4 is 0 Å². The summed E-state index contributed by atoms with van der Waals surface area (Å²) in [7, 11) is 1.82. The number of hydrogen-bond donors (Lipinski definition) is 2. The summed E-state index contributed by atoms with van der Waals surface area (Å²) in [5, 5.41) is 0. The first-order chi connectivity index (χ1) is 9.11. The van der Waals surface area contributed by atoms with E-state index in [1.165, 1.54) is 29.5 Å². The molecule has 1 aromatic rings. The lowest BCUT2D eigenvalue weighted by molar-refractivity contribution is -0.0355. The van der Waals surface area contributed by atoms with E-state index >= 15 is 0 Å². The molecule has 0 amide bonds. The lowest BCUT2D eigenvalue weighted by Crippen LogP contribution is -2.54. The number of nitrogens with two attached hydrogens (primary N) is 1. The number of aryl methyl sites for hydroxylation is 2. The molecule has 0 aliphatic heterocycles. The second-order valence-corrected chi connectivity index (χ2v) is 5.82. The standard InChI is InChI=1S/C16H26N2O/c1-12-6-7-14(10-13(12)2)11-15(18-17)16(19-3)8-4-5-9-16/h6-7,10,15,18H,4-5,8-9,11,17H2,1-3H3. The second kappa shape index (κ2) is 6.04. The highest BCUT2D eigenvalue weighted by atomic mass is 16.5. The number of hydrazine groups is 1. The van der Waals surface area contributed by atoms with Crippen LogP contribution in [0.3, 0.4) is 0 Å². The van der Waals surface area contributed by atoms with E-state index in [9.17, 15) is 0 Å². The van der Waals surface area contributed by atoms with Gasteiger partial charge in [0.05, 0.1) is 11.6 Å². The van der Waals surface area contributed by atoms with Gasteiger partial charge in [-0.2, -0.15) is 0 Å². The van der Waals surface area contributed by atoms with Crippen molar-refractivity contribution in [3.8, 4) is 0 Å². The number of hydrogen-bond acceptors (Lipinski definition) is 3. The fraction of sp³-hybridized carbons (Fsp3) is 0.625. The molecule has 1 aliphatic rings. The minimum absolute atomic E-state index is 0.0897. The van der Waals surface area contributed by atoms with Gasteiger partial charge in [-0.15, -0.1) is 0 Å². The lowest BCUT2D eigenvalue weighted by atomic mass is 9.87. The fourth-order valence-corrected chi connectivity index (χ4v) is 3.23. The summed E-state index contributed by atoms with van der Waals surface area (Å²) < 4.78 is 5.84. The Balaban J connectivity index is 2.16. The molecule has 3 N–H and O–H groups in total. The summed E-state index contributed by atoms with van der Waals surface area (Å²) in [6.45, 7) is 4.30. The molecule has 1 saturated carbocycles. The molecule has 0 heterocycles. The molecule has 0 spiro atoms. The molecule has 0 radical (unpaired) electrons. The maximum Gasteiger partial charge on any atom is 0.0847 e. The highest BCUT2D eigenvalue weighted by Crippen LogP contribution is 2.36. The van der Waals surface area contributed by atoms with Gasteiger partial charge in [0.15, 0.2) is 0 Å². The highest BCUT2D eigenvalue weighted by Gasteiger charge is 2.41. The van der Waals surface area contributed by atoms with Crippen molar-refractivity contribution < 1.29 is 4.74 Å². The van der Waals surface area contributed by atoms with Crippen LogP contribution in [0.5, 0.6) is 0 Å². The Bertz CT molecular complexity index is 425. The van der Waals surface area contributed by atoms with E-state index in [1.807, 2.05) is 7.11 Å².